The lowest BCUT2D eigenvalue weighted by atomic mass is 9.98. The third kappa shape index (κ3) is 4.98. The van der Waals surface area contributed by atoms with Gasteiger partial charge in [0.25, 0.3) is 5.91 Å². The van der Waals surface area contributed by atoms with Crippen molar-refractivity contribution in [1.29, 1.82) is 0 Å². The van der Waals surface area contributed by atoms with Gasteiger partial charge in [0.1, 0.15) is 12.2 Å². The number of likely N-dealkylation sites (N-methyl/N-ethyl adjacent to an activating group) is 1. The van der Waals surface area contributed by atoms with Crippen LogP contribution < -0.4 is 16.2 Å². The van der Waals surface area contributed by atoms with Gasteiger partial charge in [-0.2, -0.15) is 0 Å². The number of amides is 2. The number of rotatable bonds is 9. The molecular formula is C32H38N6O2. The lowest BCUT2D eigenvalue weighted by Gasteiger charge is -2.32. The van der Waals surface area contributed by atoms with Gasteiger partial charge in [-0.25, -0.2) is 10.9 Å². The average Bonchev–Trinajstić information content (AvgIpc) is 3.72. The first kappa shape index (κ1) is 26.5. The van der Waals surface area contributed by atoms with Gasteiger partial charge in [-0.3, -0.25) is 14.5 Å². The van der Waals surface area contributed by atoms with Gasteiger partial charge in [-0.05, 0) is 78.8 Å². The van der Waals surface area contributed by atoms with Crippen molar-refractivity contribution in [3.63, 3.8) is 0 Å². The molecule has 2 fully saturated rings. The first-order chi connectivity index (χ1) is 19.6. The van der Waals surface area contributed by atoms with Crippen LogP contribution in [-0.4, -0.2) is 65.5 Å². The molecule has 3 atom stereocenters. The number of likely N-dealkylation sites (tertiary alicyclic amines) is 1. The monoisotopic (exact) mass is 538 g/mol. The van der Waals surface area contributed by atoms with Crippen molar-refractivity contribution in [1.82, 2.24) is 30.9 Å². The average molecular weight is 539 g/mol. The Bertz CT molecular complexity index is 1350. The molecule has 2 amide bonds. The molecule has 0 radical (unpaired) electrons. The smallest absolute Gasteiger partial charge is 0.255 e. The first-order valence-electron chi connectivity index (χ1n) is 14.3. The van der Waals surface area contributed by atoms with Gasteiger partial charge in [-0.15, -0.1) is 6.58 Å². The van der Waals surface area contributed by atoms with Gasteiger partial charge >= 0.3 is 0 Å². The van der Waals surface area contributed by atoms with Crippen LogP contribution in [0.15, 0.2) is 78.9 Å². The molecule has 0 aromatic heterocycles. The third-order valence-electron chi connectivity index (χ3n) is 8.57. The summed E-state index contributed by atoms with van der Waals surface area (Å²) in [5.74, 6) is -0.221. The Hall–Kier alpha value is -3.72. The van der Waals surface area contributed by atoms with E-state index in [9.17, 15) is 9.59 Å². The standard InChI is InChI=1S/C32H38N6O2/c1-3-4-11-28(31(39)33-2)37-20-25-18-24(13-14-26(25)32(37)40)29-16-22(17-30-35-34-21-38(29)30)19-36-15-8-12-27(36)23-9-6-5-7-10-23/h3,5-7,9-10,13-14,16-18,27-28,30,34-35H,1,4,8,11-12,15,19-21H2,2H3,(H,33,39). The molecule has 2 aromatic carbocycles. The highest BCUT2D eigenvalue weighted by Crippen LogP contribution is 2.36. The molecule has 0 saturated carbocycles. The molecule has 4 aliphatic rings. The van der Waals surface area contributed by atoms with Gasteiger partial charge < -0.3 is 15.1 Å². The van der Waals surface area contributed by atoms with Crippen LogP contribution in [0.2, 0.25) is 0 Å². The Morgan fingerprint density at radius 2 is 2.08 bits per heavy atom. The van der Waals surface area contributed by atoms with Gasteiger partial charge in [0.05, 0.1) is 6.67 Å². The number of nitrogens with one attached hydrogen (secondary N) is 3. The van der Waals surface area contributed by atoms with Crippen molar-refractivity contribution in [2.24, 2.45) is 0 Å². The fraction of sp³-hybridized carbons (Fsp3) is 0.375. The van der Waals surface area contributed by atoms with Crippen LogP contribution in [0.3, 0.4) is 0 Å². The molecule has 4 heterocycles. The van der Waals surface area contributed by atoms with E-state index in [4.69, 9.17) is 0 Å². The molecule has 0 spiro atoms. The number of hydrogen-bond acceptors (Lipinski definition) is 6. The van der Waals surface area contributed by atoms with E-state index in [1.54, 1.807) is 18.0 Å². The minimum absolute atomic E-state index is 0.0655. The van der Waals surface area contributed by atoms with Crippen molar-refractivity contribution in [3.8, 4) is 0 Å². The highest BCUT2D eigenvalue weighted by atomic mass is 16.2. The van der Waals surface area contributed by atoms with Crippen LogP contribution >= 0.6 is 0 Å². The Morgan fingerprint density at radius 3 is 2.88 bits per heavy atom. The lowest BCUT2D eigenvalue weighted by Crippen LogP contribution is -2.46. The first-order valence-corrected chi connectivity index (χ1v) is 14.3. The van der Waals surface area contributed by atoms with Gasteiger partial charge in [0.15, 0.2) is 0 Å². The summed E-state index contributed by atoms with van der Waals surface area (Å²) >= 11 is 0. The van der Waals surface area contributed by atoms with Crippen molar-refractivity contribution in [2.75, 3.05) is 26.8 Å². The number of carbonyl (C=O) groups excluding carboxylic acids is 2. The summed E-state index contributed by atoms with van der Waals surface area (Å²) in [7, 11) is 1.62. The van der Waals surface area contributed by atoms with E-state index in [2.05, 4.69) is 81.1 Å². The predicted molar refractivity (Wildman–Crippen MR) is 156 cm³/mol. The molecule has 40 heavy (non-hydrogen) atoms. The summed E-state index contributed by atoms with van der Waals surface area (Å²) in [5, 5.41) is 2.73. The Balaban J connectivity index is 1.26. The maximum absolute atomic E-state index is 13.3. The molecule has 2 aromatic rings. The zero-order valence-corrected chi connectivity index (χ0v) is 23.1. The highest BCUT2D eigenvalue weighted by Gasteiger charge is 2.37. The molecule has 2 saturated heterocycles. The number of hydrazine groups is 1. The fourth-order valence-corrected chi connectivity index (χ4v) is 6.56. The molecule has 8 nitrogen and oxygen atoms in total. The molecule has 0 bridgehead atoms. The lowest BCUT2D eigenvalue weighted by molar-refractivity contribution is -0.125. The fourth-order valence-electron chi connectivity index (χ4n) is 6.56. The Kier molecular flexibility index (Phi) is 7.56. The van der Waals surface area contributed by atoms with Crippen LogP contribution in [0.4, 0.5) is 0 Å². The van der Waals surface area contributed by atoms with Crippen molar-refractivity contribution >= 4 is 17.5 Å². The SMILES string of the molecule is C=CCCC(C(=O)NC)N1Cc2cc(C3=CC(CN4CCCC4c4ccccc4)=CC4NNCN34)ccc2C1=O. The number of allylic oxidation sites excluding steroid dienone is 1. The molecule has 208 valence electrons. The largest absolute Gasteiger partial charge is 0.357 e. The van der Waals surface area contributed by atoms with Crippen molar-refractivity contribution < 1.29 is 9.59 Å². The van der Waals surface area contributed by atoms with E-state index in [-0.39, 0.29) is 18.0 Å². The minimum Gasteiger partial charge on any atom is -0.357 e. The number of carbonyl (C=O) groups is 2. The maximum Gasteiger partial charge on any atom is 0.255 e. The summed E-state index contributed by atoms with van der Waals surface area (Å²) in [5.41, 5.74) is 13.2. The zero-order valence-electron chi connectivity index (χ0n) is 23.1. The van der Waals surface area contributed by atoms with Crippen molar-refractivity contribution in [3.05, 3.63) is 101 Å². The van der Waals surface area contributed by atoms with Crippen molar-refractivity contribution in [2.45, 2.75) is 50.5 Å². The topological polar surface area (TPSA) is 80.0 Å². The quantitative estimate of drug-likeness (QED) is 0.424. The van der Waals surface area contributed by atoms with Gasteiger partial charge in [-0.1, -0.05) is 42.5 Å². The van der Waals surface area contributed by atoms with Crippen LogP contribution in [-0.2, 0) is 11.3 Å². The maximum atomic E-state index is 13.3. The van der Waals surface area contributed by atoms with Crippen LogP contribution in [0, 0.1) is 0 Å². The molecule has 6 rings (SSSR count). The Morgan fingerprint density at radius 1 is 1.23 bits per heavy atom. The van der Waals surface area contributed by atoms with Crippen LogP contribution in [0.25, 0.3) is 5.70 Å². The summed E-state index contributed by atoms with van der Waals surface area (Å²) in [4.78, 5) is 32.6. The molecular weight excluding hydrogens is 500 g/mol. The highest BCUT2D eigenvalue weighted by molar-refractivity contribution is 6.01. The summed E-state index contributed by atoms with van der Waals surface area (Å²) in [6.45, 7) is 6.90. The molecule has 3 N–H and O–H groups in total. The van der Waals surface area contributed by atoms with Crippen LogP contribution in [0.1, 0.15) is 58.8 Å². The van der Waals surface area contributed by atoms with E-state index in [0.717, 1.165) is 29.9 Å². The molecule has 0 aliphatic carbocycles. The molecule has 3 unspecified atom stereocenters. The summed E-state index contributed by atoms with van der Waals surface area (Å²) in [6.07, 6.45) is 10.1. The van der Waals surface area contributed by atoms with E-state index < -0.39 is 6.04 Å². The second-order valence-electron chi connectivity index (χ2n) is 11.0. The van der Waals surface area contributed by atoms with E-state index in [0.29, 0.717) is 37.7 Å². The van der Waals surface area contributed by atoms with E-state index in [1.165, 1.54) is 24.0 Å². The molecule has 8 heteroatoms. The second-order valence-corrected chi connectivity index (χ2v) is 11.0. The van der Waals surface area contributed by atoms with Crippen LogP contribution in [0.5, 0.6) is 0 Å². The predicted octanol–water partition coefficient (Wildman–Crippen LogP) is 3.53. The number of benzene rings is 2. The third-order valence-corrected chi connectivity index (χ3v) is 8.57. The summed E-state index contributed by atoms with van der Waals surface area (Å²) < 4.78 is 0. The normalized spacial score (nSPS) is 23.0. The molecule has 4 aliphatic heterocycles. The number of fused-ring (bicyclic) bond motifs is 2. The Labute approximate surface area is 236 Å². The minimum atomic E-state index is -0.510. The zero-order chi connectivity index (χ0) is 27.6. The number of hydrogen-bond donors (Lipinski definition) is 3. The van der Waals surface area contributed by atoms with E-state index >= 15 is 0 Å². The second kappa shape index (κ2) is 11.4. The summed E-state index contributed by atoms with van der Waals surface area (Å²) in [6, 6.07) is 16.9. The van der Waals surface area contributed by atoms with Gasteiger partial charge in [0, 0.05) is 37.4 Å². The van der Waals surface area contributed by atoms with E-state index in [1.807, 2.05) is 12.1 Å². The number of nitrogens with zero attached hydrogens (tertiary/aromatic N) is 3. The van der Waals surface area contributed by atoms with Gasteiger partial charge in [0.2, 0.25) is 5.91 Å².